The zero-order chi connectivity index (χ0) is 48.7. The van der Waals surface area contributed by atoms with E-state index in [1.54, 1.807) is 24.0 Å². The lowest BCUT2D eigenvalue weighted by Crippen LogP contribution is -2.31. The molecule has 68 heavy (non-hydrogen) atoms. The maximum absolute atomic E-state index is 13.2. The molecule has 0 bridgehead atoms. The van der Waals surface area contributed by atoms with E-state index in [4.69, 9.17) is 37.9 Å². The molecule has 0 unspecified atom stereocenters. The van der Waals surface area contributed by atoms with Gasteiger partial charge in [0, 0.05) is 78.1 Å². The van der Waals surface area contributed by atoms with Crippen LogP contribution in [0.4, 0.5) is 21.0 Å². The smallest absolute Gasteiger partial charge is 0.410 e. The van der Waals surface area contributed by atoms with Crippen LogP contribution in [-0.2, 0) is 54.6 Å². The average Bonchev–Trinajstić information content (AvgIpc) is 3.35. The molecule has 0 aliphatic rings. The second-order valence-electron chi connectivity index (χ2n) is 15.7. The van der Waals surface area contributed by atoms with E-state index in [2.05, 4.69) is 4.98 Å². The van der Waals surface area contributed by atoms with E-state index in [9.17, 15) is 19.2 Å². The molecule has 0 atom stereocenters. The molecule has 0 radical (unpaired) electrons. The number of aromatic nitrogens is 1. The van der Waals surface area contributed by atoms with Crippen LogP contribution >= 0.6 is 0 Å². The minimum atomic E-state index is -0.712. The Bertz CT molecular complexity index is 2200. The molecule has 0 fully saturated rings. The Hall–Kier alpha value is -7.37. The van der Waals surface area contributed by atoms with Gasteiger partial charge >= 0.3 is 24.1 Å². The van der Waals surface area contributed by atoms with Crippen LogP contribution in [-0.4, -0.2) is 134 Å². The first-order valence-corrected chi connectivity index (χ1v) is 22.0. The Kier molecular flexibility index (Phi) is 20.7. The van der Waals surface area contributed by atoms with Gasteiger partial charge in [0.1, 0.15) is 37.9 Å². The van der Waals surface area contributed by atoms with E-state index in [1.807, 2.05) is 135 Å². The lowest BCUT2D eigenvalue weighted by Gasteiger charge is -2.23. The summed E-state index contributed by atoms with van der Waals surface area (Å²) in [4.78, 5) is 63.1. The summed E-state index contributed by atoms with van der Waals surface area (Å²) >= 11 is 0. The van der Waals surface area contributed by atoms with Gasteiger partial charge in [-0.05, 0) is 76.9 Å². The van der Waals surface area contributed by atoms with Crippen molar-refractivity contribution in [1.82, 2.24) is 14.8 Å². The molecule has 0 saturated carbocycles. The van der Waals surface area contributed by atoms with Crippen LogP contribution < -0.4 is 19.3 Å². The largest absolute Gasteiger partial charge is 0.497 e. The minimum absolute atomic E-state index is 0.0222. The number of amides is 2. The van der Waals surface area contributed by atoms with Gasteiger partial charge in [0.05, 0.1) is 51.8 Å². The molecule has 0 aliphatic carbocycles. The number of carbonyl (C=O) groups is 4. The van der Waals surface area contributed by atoms with Gasteiger partial charge in [-0.2, -0.15) is 0 Å². The summed E-state index contributed by atoms with van der Waals surface area (Å²) < 4.78 is 43.5. The van der Waals surface area contributed by atoms with Gasteiger partial charge in [0.25, 0.3) is 0 Å². The molecule has 0 aliphatic heterocycles. The van der Waals surface area contributed by atoms with E-state index in [0.717, 1.165) is 33.6 Å². The molecule has 0 N–H and O–H groups in total. The quantitative estimate of drug-likeness (QED) is 0.0309. The van der Waals surface area contributed by atoms with Gasteiger partial charge in [-0.3, -0.25) is 14.8 Å². The van der Waals surface area contributed by atoms with E-state index in [-0.39, 0.29) is 64.0 Å². The van der Waals surface area contributed by atoms with Crippen LogP contribution in [0.15, 0.2) is 116 Å². The van der Waals surface area contributed by atoms with Crippen LogP contribution in [0.1, 0.15) is 43.0 Å². The normalized spacial score (nSPS) is 10.7. The second-order valence-corrected chi connectivity index (χ2v) is 15.7. The van der Waals surface area contributed by atoms with Crippen LogP contribution in [0, 0.1) is 0 Å². The van der Waals surface area contributed by atoms with Gasteiger partial charge < -0.3 is 47.7 Å². The first-order chi connectivity index (χ1) is 32.9. The predicted octanol–water partition coefficient (Wildman–Crippen LogP) is 7.26. The van der Waals surface area contributed by atoms with Crippen LogP contribution in [0.3, 0.4) is 0 Å². The summed E-state index contributed by atoms with van der Waals surface area (Å²) in [6.45, 7) is 1.24. The third kappa shape index (κ3) is 17.1. The standard InChI is InChI=1S/C51H61N5O12/c1-53(2)44-17-13-38(14-18-44)34-55(36-40-9-7-11-46(29-40)61-5)50(59)67-27-23-63-21-25-65-48(57)42-31-43(33-52-32-42)49(58)66-26-22-64-24-28-68-51(60)56(37-41-10-8-12-47(30-41)62-6)35-39-15-19-45(20-16-39)54(3)4/h7-20,29-33H,21-28,34-37H2,1-6H3. The number of rotatable bonds is 26. The molecule has 5 rings (SSSR count). The van der Waals surface area contributed by atoms with Crippen LogP contribution in [0.2, 0.25) is 0 Å². The minimum Gasteiger partial charge on any atom is -0.497 e. The van der Waals surface area contributed by atoms with Crippen molar-refractivity contribution < 1.29 is 57.1 Å². The predicted molar refractivity (Wildman–Crippen MR) is 255 cm³/mol. The summed E-state index contributed by atoms with van der Waals surface area (Å²) in [6.07, 6.45) is 1.52. The molecule has 17 heteroatoms. The maximum Gasteiger partial charge on any atom is 0.410 e. The van der Waals surface area contributed by atoms with E-state index < -0.39 is 24.1 Å². The number of nitrogens with zero attached hydrogens (tertiary/aromatic N) is 5. The molecule has 1 aromatic heterocycles. The fraction of sp³-hybridized carbons (Fsp3) is 0.353. The maximum atomic E-state index is 13.2. The number of carbonyl (C=O) groups excluding carboxylic acids is 4. The number of hydrogen-bond donors (Lipinski definition) is 0. The topological polar surface area (TPSA) is 168 Å². The first-order valence-electron chi connectivity index (χ1n) is 22.0. The Morgan fingerprint density at radius 1 is 0.441 bits per heavy atom. The van der Waals surface area contributed by atoms with Gasteiger partial charge in [0.15, 0.2) is 0 Å². The van der Waals surface area contributed by atoms with Crippen LogP contribution in [0.5, 0.6) is 11.5 Å². The highest BCUT2D eigenvalue weighted by Crippen LogP contribution is 2.21. The van der Waals surface area contributed by atoms with Gasteiger partial charge in [0.2, 0.25) is 0 Å². The summed E-state index contributed by atoms with van der Waals surface area (Å²) in [7, 11) is 11.0. The number of pyridine rings is 1. The Morgan fingerprint density at radius 2 is 0.809 bits per heavy atom. The van der Waals surface area contributed by atoms with Crippen LogP contribution in [0.25, 0.3) is 0 Å². The lowest BCUT2D eigenvalue weighted by atomic mass is 10.1. The summed E-state index contributed by atoms with van der Waals surface area (Å²) in [6, 6.07) is 32.1. The second kappa shape index (κ2) is 27.3. The molecule has 0 saturated heterocycles. The molecule has 362 valence electrons. The van der Waals surface area contributed by atoms with Crippen molar-refractivity contribution in [2.24, 2.45) is 0 Å². The highest BCUT2D eigenvalue weighted by atomic mass is 16.6. The van der Waals surface area contributed by atoms with Crippen molar-refractivity contribution in [2.45, 2.75) is 26.2 Å². The molecular weight excluding hydrogens is 875 g/mol. The van der Waals surface area contributed by atoms with Gasteiger partial charge in [-0.25, -0.2) is 19.2 Å². The molecule has 0 spiro atoms. The molecule has 4 aromatic carbocycles. The number of esters is 2. The highest BCUT2D eigenvalue weighted by Gasteiger charge is 2.19. The monoisotopic (exact) mass is 935 g/mol. The zero-order valence-corrected chi connectivity index (χ0v) is 39.6. The Morgan fingerprint density at radius 3 is 1.18 bits per heavy atom. The molecular formula is C51H61N5O12. The van der Waals surface area contributed by atoms with Gasteiger partial charge in [-0.15, -0.1) is 0 Å². The zero-order valence-electron chi connectivity index (χ0n) is 39.6. The van der Waals surface area contributed by atoms with Gasteiger partial charge in [-0.1, -0.05) is 48.5 Å². The van der Waals surface area contributed by atoms with Crippen molar-refractivity contribution in [3.05, 3.63) is 149 Å². The van der Waals surface area contributed by atoms with E-state index in [1.165, 1.54) is 18.5 Å². The van der Waals surface area contributed by atoms with E-state index >= 15 is 0 Å². The average molecular weight is 936 g/mol. The Labute approximate surface area is 398 Å². The summed E-state index contributed by atoms with van der Waals surface area (Å²) in [5.41, 5.74) is 5.82. The Balaban J connectivity index is 0.979. The first kappa shape index (κ1) is 51.6. The van der Waals surface area contributed by atoms with Crippen molar-refractivity contribution in [2.75, 3.05) is 105 Å². The number of benzene rings is 4. The van der Waals surface area contributed by atoms with Crippen molar-refractivity contribution in [1.29, 1.82) is 0 Å². The highest BCUT2D eigenvalue weighted by molar-refractivity contribution is 5.94. The van der Waals surface area contributed by atoms with Crippen molar-refractivity contribution >= 4 is 35.5 Å². The third-order valence-electron chi connectivity index (χ3n) is 10.2. The summed E-state index contributed by atoms with van der Waals surface area (Å²) in [5, 5.41) is 0. The number of hydrogen-bond acceptors (Lipinski definition) is 15. The molecule has 5 aromatic rings. The number of ether oxygens (including phenoxy) is 8. The summed E-state index contributed by atoms with van der Waals surface area (Å²) in [5.74, 6) is -0.0560. The van der Waals surface area contributed by atoms with Crippen molar-refractivity contribution in [3.63, 3.8) is 0 Å². The fourth-order valence-corrected chi connectivity index (χ4v) is 6.57. The molecule has 2 amide bonds. The lowest BCUT2D eigenvalue weighted by molar-refractivity contribution is 0.0193. The number of methoxy groups -OCH3 is 2. The molecule has 17 nitrogen and oxygen atoms in total. The van der Waals surface area contributed by atoms with Crippen molar-refractivity contribution in [3.8, 4) is 11.5 Å². The fourth-order valence-electron chi connectivity index (χ4n) is 6.57. The number of anilines is 2. The SMILES string of the molecule is COc1cccc(CN(Cc2ccc(N(C)C)cc2)C(=O)OCCOCCOC(=O)c2cncc(C(=O)OCCOCCOC(=O)N(Cc3ccc(N(C)C)cc3)Cc3cccc(OC)c3)c2)c1. The van der Waals surface area contributed by atoms with E-state index in [0.29, 0.717) is 37.7 Å². The molecule has 1 heterocycles. The third-order valence-corrected chi connectivity index (χ3v) is 10.2.